The Kier molecular flexibility index (Phi) is 5.56. The van der Waals surface area contributed by atoms with E-state index in [2.05, 4.69) is 26.1 Å². The Morgan fingerprint density at radius 3 is 2.58 bits per heavy atom. The van der Waals surface area contributed by atoms with Crippen molar-refractivity contribution in [2.24, 2.45) is 16.8 Å². The average Bonchev–Trinajstić information content (AvgIpc) is 3.47. The van der Waals surface area contributed by atoms with Crippen molar-refractivity contribution in [3.63, 3.8) is 0 Å². The molecule has 0 saturated heterocycles. The molecule has 6 nitrogen and oxygen atoms in total. The van der Waals surface area contributed by atoms with Crippen LogP contribution in [0.5, 0.6) is 5.88 Å². The van der Waals surface area contributed by atoms with Gasteiger partial charge >= 0.3 is 0 Å². The number of halogens is 1. The first-order valence-electron chi connectivity index (χ1n) is 8.30. The minimum absolute atomic E-state index is 0.0783. The van der Waals surface area contributed by atoms with Crippen molar-refractivity contribution < 1.29 is 14.4 Å². The van der Waals surface area contributed by atoms with Crippen LogP contribution in [0.15, 0.2) is 46.0 Å². The molecule has 7 heteroatoms. The van der Waals surface area contributed by atoms with E-state index in [4.69, 9.17) is 15.3 Å². The number of rotatable bonds is 7. The molecular weight excluding hydrogens is 398 g/mol. The lowest BCUT2D eigenvalue weighted by molar-refractivity contribution is 0.0352. The van der Waals surface area contributed by atoms with Gasteiger partial charge in [0.1, 0.15) is 5.69 Å². The highest BCUT2D eigenvalue weighted by Crippen LogP contribution is 2.36. The third-order valence-corrected chi connectivity index (χ3v) is 4.78. The van der Waals surface area contributed by atoms with E-state index in [1.807, 2.05) is 31.2 Å². The van der Waals surface area contributed by atoms with Crippen LogP contribution < -0.4 is 10.5 Å². The number of nitrogens with two attached hydrogens (primary N) is 1. The highest BCUT2D eigenvalue weighted by Gasteiger charge is 2.39. The first kappa shape index (κ1) is 18.4. The third-order valence-electron chi connectivity index (χ3n) is 4.18. The van der Waals surface area contributed by atoms with Crippen LogP contribution in [0.1, 0.15) is 34.5 Å². The number of nitrogens with zero attached hydrogens (tertiary/aromatic N) is 2. The van der Waals surface area contributed by atoms with E-state index in [-0.39, 0.29) is 17.5 Å². The van der Waals surface area contributed by atoms with Crippen LogP contribution in [-0.2, 0) is 4.84 Å². The lowest BCUT2D eigenvalue weighted by Gasteiger charge is -2.14. The number of carbonyl (C=O) groups is 1. The van der Waals surface area contributed by atoms with Crippen LogP contribution in [-0.4, -0.2) is 29.8 Å². The molecule has 0 spiro atoms. The number of Topliss-reactive ketones (excluding diaryl/α,β-unsaturated/α-hetero) is 1. The zero-order chi connectivity index (χ0) is 18.7. The summed E-state index contributed by atoms with van der Waals surface area (Å²) in [6.45, 7) is 1.98. The molecule has 26 heavy (non-hydrogen) atoms. The van der Waals surface area contributed by atoms with Gasteiger partial charge in [-0.3, -0.25) is 4.79 Å². The van der Waals surface area contributed by atoms with E-state index >= 15 is 0 Å². The second kappa shape index (κ2) is 7.86. The largest absolute Gasteiger partial charge is 0.480 e. The highest BCUT2D eigenvalue weighted by atomic mass is 79.9. The van der Waals surface area contributed by atoms with Crippen LogP contribution in [0.3, 0.4) is 0 Å². The van der Waals surface area contributed by atoms with Gasteiger partial charge in [0.25, 0.3) is 0 Å². The van der Waals surface area contributed by atoms with E-state index in [0.717, 1.165) is 18.4 Å². The molecule has 2 aromatic rings. The zero-order valence-electron chi connectivity index (χ0n) is 14.6. The van der Waals surface area contributed by atoms with E-state index in [0.29, 0.717) is 21.6 Å². The van der Waals surface area contributed by atoms with Crippen LogP contribution in [0.25, 0.3) is 0 Å². The van der Waals surface area contributed by atoms with E-state index in [1.165, 1.54) is 7.11 Å². The number of hydrogen-bond acceptors (Lipinski definition) is 5. The van der Waals surface area contributed by atoms with Gasteiger partial charge in [0.05, 0.1) is 11.6 Å². The summed E-state index contributed by atoms with van der Waals surface area (Å²) in [5, 5.41) is 3.97. The van der Waals surface area contributed by atoms with E-state index < -0.39 is 6.10 Å². The van der Waals surface area contributed by atoms with E-state index in [1.54, 1.807) is 12.1 Å². The Labute approximate surface area is 160 Å². The monoisotopic (exact) mass is 417 g/mol. The maximum absolute atomic E-state index is 12.8. The Balaban J connectivity index is 1.77. The molecule has 0 radical (unpaired) electrons. The molecule has 1 aromatic heterocycles. The maximum Gasteiger partial charge on any atom is 0.228 e. The molecule has 0 amide bonds. The minimum Gasteiger partial charge on any atom is -0.480 e. The molecular formula is C19H20BrN3O3. The predicted octanol–water partition coefficient (Wildman–Crippen LogP) is 3.46. The number of hydrogen-bond donors (Lipinski definition) is 1. The molecule has 136 valence electrons. The first-order chi connectivity index (χ1) is 12.5. The summed E-state index contributed by atoms with van der Waals surface area (Å²) in [7, 11) is 1.52. The SMILES string of the molecule is COc1nc(/C(N)=N/OC(C(=O)c2ccc(C)cc2)C2CC2)ccc1Br. The fourth-order valence-electron chi connectivity index (χ4n) is 2.50. The third kappa shape index (κ3) is 4.22. The second-order valence-corrected chi connectivity index (χ2v) is 7.11. The standard InChI is InChI=1S/C19H20BrN3O3/c1-11-3-5-12(6-4-11)16(24)17(13-7-8-13)26-23-18(21)15-10-9-14(20)19(22-15)25-2/h3-6,9-10,13,17H,7-8H2,1-2H3,(H2,21,23). The van der Waals surface area contributed by atoms with Gasteiger partial charge in [-0.05, 0) is 47.8 Å². The van der Waals surface area contributed by atoms with Gasteiger partial charge in [-0.25, -0.2) is 4.98 Å². The van der Waals surface area contributed by atoms with Gasteiger partial charge in [0.15, 0.2) is 11.9 Å². The normalized spacial score (nSPS) is 15.4. The fraction of sp³-hybridized carbons (Fsp3) is 0.316. The van der Waals surface area contributed by atoms with Crippen molar-refractivity contribution in [2.75, 3.05) is 7.11 Å². The van der Waals surface area contributed by atoms with Gasteiger partial charge in [-0.2, -0.15) is 0 Å². The number of pyridine rings is 1. The summed E-state index contributed by atoms with van der Waals surface area (Å²) in [5.74, 6) is 0.589. The summed E-state index contributed by atoms with van der Waals surface area (Å²) in [5.41, 5.74) is 8.11. The van der Waals surface area contributed by atoms with Crippen molar-refractivity contribution in [1.82, 2.24) is 4.98 Å². The number of carbonyl (C=O) groups excluding carboxylic acids is 1. The molecule has 1 aliphatic carbocycles. The lowest BCUT2D eigenvalue weighted by atomic mass is 10.0. The fourth-order valence-corrected chi connectivity index (χ4v) is 2.88. The Hall–Kier alpha value is -2.41. The number of aryl methyl sites for hydroxylation is 1. The zero-order valence-corrected chi connectivity index (χ0v) is 16.2. The Morgan fingerprint density at radius 1 is 1.27 bits per heavy atom. The number of amidine groups is 1. The maximum atomic E-state index is 12.8. The molecule has 0 bridgehead atoms. The molecule has 1 unspecified atom stereocenters. The number of ether oxygens (including phenoxy) is 1. The van der Waals surface area contributed by atoms with Crippen molar-refractivity contribution >= 4 is 27.5 Å². The minimum atomic E-state index is -0.631. The van der Waals surface area contributed by atoms with E-state index in [9.17, 15) is 4.79 Å². The number of benzene rings is 1. The molecule has 2 N–H and O–H groups in total. The number of oxime groups is 1. The Morgan fingerprint density at radius 2 is 1.96 bits per heavy atom. The first-order valence-corrected chi connectivity index (χ1v) is 9.10. The molecule has 1 atom stereocenters. The van der Waals surface area contributed by atoms with Gasteiger partial charge in [0.2, 0.25) is 11.7 Å². The van der Waals surface area contributed by atoms with Crippen LogP contribution in [0, 0.1) is 12.8 Å². The number of ketones is 1. The average molecular weight is 418 g/mol. The molecule has 1 aliphatic rings. The number of methoxy groups -OCH3 is 1. The predicted molar refractivity (Wildman–Crippen MR) is 102 cm³/mol. The van der Waals surface area contributed by atoms with Crippen molar-refractivity contribution in [3.05, 3.63) is 57.7 Å². The van der Waals surface area contributed by atoms with Crippen LogP contribution >= 0.6 is 15.9 Å². The summed E-state index contributed by atoms with van der Waals surface area (Å²) in [4.78, 5) is 22.6. The van der Waals surface area contributed by atoms with Gasteiger partial charge in [0, 0.05) is 11.5 Å². The number of aromatic nitrogens is 1. The smallest absolute Gasteiger partial charge is 0.228 e. The molecule has 1 fully saturated rings. The summed E-state index contributed by atoms with van der Waals surface area (Å²) < 4.78 is 5.86. The van der Waals surface area contributed by atoms with Crippen molar-refractivity contribution in [2.45, 2.75) is 25.9 Å². The molecule has 1 aromatic carbocycles. The second-order valence-electron chi connectivity index (χ2n) is 6.26. The summed E-state index contributed by atoms with van der Waals surface area (Å²) in [6.07, 6.45) is 1.26. The topological polar surface area (TPSA) is 86.8 Å². The molecule has 0 aliphatic heterocycles. The molecule has 3 rings (SSSR count). The molecule has 1 saturated carbocycles. The van der Waals surface area contributed by atoms with Crippen molar-refractivity contribution in [1.29, 1.82) is 0 Å². The van der Waals surface area contributed by atoms with Gasteiger partial charge < -0.3 is 15.3 Å². The van der Waals surface area contributed by atoms with Gasteiger partial charge in [-0.15, -0.1) is 0 Å². The summed E-state index contributed by atoms with van der Waals surface area (Å²) >= 11 is 3.34. The Bertz CT molecular complexity index is 832. The lowest BCUT2D eigenvalue weighted by Crippen LogP contribution is -2.27. The van der Waals surface area contributed by atoms with Gasteiger partial charge in [-0.1, -0.05) is 35.0 Å². The van der Waals surface area contributed by atoms with Crippen molar-refractivity contribution in [3.8, 4) is 5.88 Å². The highest BCUT2D eigenvalue weighted by molar-refractivity contribution is 9.10. The summed E-state index contributed by atoms with van der Waals surface area (Å²) in [6, 6.07) is 10.9. The van der Waals surface area contributed by atoms with Crippen LogP contribution in [0.2, 0.25) is 0 Å². The quantitative estimate of drug-likeness (QED) is 0.322. The van der Waals surface area contributed by atoms with Crippen LogP contribution in [0.4, 0.5) is 0 Å². The molecule has 1 heterocycles.